The second-order valence-electron chi connectivity index (χ2n) is 5.84. The maximum absolute atomic E-state index is 12.7. The number of halogens is 3. The average Bonchev–Trinajstić information content (AvgIpc) is 2.99. The molecular formula is C18H16F3N3O2. The van der Waals surface area contributed by atoms with E-state index < -0.39 is 29.8 Å². The van der Waals surface area contributed by atoms with Gasteiger partial charge in [-0.25, -0.2) is 0 Å². The van der Waals surface area contributed by atoms with E-state index in [1.54, 1.807) is 0 Å². The number of pyridine rings is 1. The van der Waals surface area contributed by atoms with Crippen LogP contribution >= 0.6 is 0 Å². The number of hydrogen-bond donors (Lipinski definition) is 2. The molecule has 0 saturated heterocycles. The van der Waals surface area contributed by atoms with Crippen molar-refractivity contribution in [3.05, 3.63) is 70.3 Å². The largest absolute Gasteiger partial charge is 0.417 e. The van der Waals surface area contributed by atoms with Crippen molar-refractivity contribution in [1.29, 1.82) is 0 Å². The zero-order valence-corrected chi connectivity index (χ0v) is 13.6. The van der Waals surface area contributed by atoms with Crippen molar-refractivity contribution in [2.45, 2.75) is 19.1 Å². The fourth-order valence-corrected chi connectivity index (χ4v) is 2.71. The predicted molar refractivity (Wildman–Crippen MR) is 90.7 cm³/mol. The zero-order chi connectivity index (χ0) is 18.7. The van der Waals surface area contributed by atoms with Gasteiger partial charge in [0.25, 0.3) is 5.56 Å². The summed E-state index contributed by atoms with van der Waals surface area (Å²) in [7, 11) is 0. The number of para-hydroxylation sites is 1. The number of carbonyl (C=O) groups excluding carboxylic acids is 1. The number of fused-ring (bicyclic) bond motifs is 1. The van der Waals surface area contributed by atoms with E-state index in [1.807, 2.05) is 30.5 Å². The van der Waals surface area contributed by atoms with Crippen molar-refractivity contribution < 1.29 is 18.0 Å². The van der Waals surface area contributed by atoms with Crippen molar-refractivity contribution in [3.63, 3.8) is 0 Å². The fourth-order valence-electron chi connectivity index (χ4n) is 2.71. The van der Waals surface area contributed by atoms with Gasteiger partial charge in [0.2, 0.25) is 5.91 Å². The highest BCUT2D eigenvalue weighted by atomic mass is 19.4. The number of alkyl halides is 3. The molecule has 0 saturated carbocycles. The van der Waals surface area contributed by atoms with Gasteiger partial charge in [-0.05, 0) is 24.1 Å². The third-order valence-electron chi connectivity index (χ3n) is 4.02. The van der Waals surface area contributed by atoms with Gasteiger partial charge in [-0.1, -0.05) is 18.2 Å². The summed E-state index contributed by atoms with van der Waals surface area (Å²) in [5.41, 5.74) is 0.384. The van der Waals surface area contributed by atoms with E-state index in [0.717, 1.165) is 27.1 Å². The Kier molecular flexibility index (Phi) is 4.83. The number of rotatable bonds is 5. The second-order valence-corrected chi connectivity index (χ2v) is 5.84. The van der Waals surface area contributed by atoms with Gasteiger partial charge in [-0.15, -0.1) is 0 Å². The molecule has 0 aliphatic carbocycles. The summed E-state index contributed by atoms with van der Waals surface area (Å²) in [5.74, 6) is -0.522. The highest BCUT2D eigenvalue weighted by molar-refractivity contribution is 5.83. The number of carbonyl (C=O) groups is 1. The molecule has 0 bridgehead atoms. The molecule has 0 unspecified atom stereocenters. The summed E-state index contributed by atoms with van der Waals surface area (Å²) in [6, 6.07) is 9.24. The first-order valence-electron chi connectivity index (χ1n) is 7.94. The van der Waals surface area contributed by atoms with Crippen LogP contribution in [-0.4, -0.2) is 22.0 Å². The minimum Gasteiger partial charge on any atom is -0.361 e. The van der Waals surface area contributed by atoms with Gasteiger partial charge in [-0.2, -0.15) is 13.2 Å². The van der Waals surface area contributed by atoms with Gasteiger partial charge in [0.15, 0.2) is 0 Å². The molecule has 8 heteroatoms. The summed E-state index contributed by atoms with van der Waals surface area (Å²) in [6.07, 6.45) is -1.50. The van der Waals surface area contributed by atoms with Gasteiger partial charge in [0.1, 0.15) is 6.54 Å². The van der Waals surface area contributed by atoms with Crippen LogP contribution < -0.4 is 10.9 Å². The molecule has 2 heterocycles. The van der Waals surface area contributed by atoms with Crippen molar-refractivity contribution >= 4 is 16.8 Å². The van der Waals surface area contributed by atoms with E-state index in [0.29, 0.717) is 25.2 Å². The van der Waals surface area contributed by atoms with Gasteiger partial charge < -0.3 is 14.9 Å². The lowest BCUT2D eigenvalue weighted by Gasteiger charge is -2.11. The number of aromatic amines is 1. The molecule has 0 fully saturated rings. The third-order valence-corrected chi connectivity index (χ3v) is 4.02. The Morgan fingerprint density at radius 2 is 1.92 bits per heavy atom. The summed E-state index contributed by atoms with van der Waals surface area (Å²) in [4.78, 5) is 26.7. The molecule has 0 radical (unpaired) electrons. The molecule has 26 heavy (non-hydrogen) atoms. The van der Waals surface area contributed by atoms with Crippen molar-refractivity contribution in [3.8, 4) is 0 Å². The van der Waals surface area contributed by atoms with Gasteiger partial charge in [-0.3, -0.25) is 9.59 Å². The molecule has 0 aliphatic rings. The molecule has 2 aromatic heterocycles. The molecule has 1 aromatic carbocycles. The standard InChI is InChI=1S/C18H16F3N3O2/c19-18(20,21)13-5-6-17(26)24(10-13)11-16(25)22-8-7-12-9-23-15-4-2-1-3-14(12)15/h1-6,9-10,23H,7-8,11H2,(H,22,25). The number of aromatic nitrogens is 2. The van der Waals surface area contributed by atoms with Crippen molar-refractivity contribution in [2.24, 2.45) is 0 Å². The van der Waals surface area contributed by atoms with E-state index in [1.165, 1.54) is 0 Å². The number of H-pyrrole nitrogens is 1. The Balaban J connectivity index is 1.60. The van der Waals surface area contributed by atoms with Crippen LogP contribution in [0.2, 0.25) is 0 Å². The lowest BCUT2D eigenvalue weighted by Crippen LogP contribution is -2.33. The molecule has 5 nitrogen and oxygen atoms in total. The first-order chi connectivity index (χ1) is 12.3. The van der Waals surface area contributed by atoms with Crippen LogP contribution in [0.5, 0.6) is 0 Å². The van der Waals surface area contributed by atoms with Gasteiger partial charge in [0.05, 0.1) is 5.56 Å². The smallest absolute Gasteiger partial charge is 0.361 e. The lowest BCUT2D eigenvalue weighted by molar-refractivity contribution is -0.138. The quantitative estimate of drug-likeness (QED) is 0.732. The number of hydrogen-bond acceptors (Lipinski definition) is 2. The molecule has 0 aliphatic heterocycles. The van der Waals surface area contributed by atoms with E-state index in [4.69, 9.17) is 0 Å². The van der Waals surface area contributed by atoms with Crippen LogP contribution in [0.1, 0.15) is 11.1 Å². The van der Waals surface area contributed by atoms with Crippen LogP contribution in [0.4, 0.5) is 13.2 Å². The molecule has 0 atom stereocenters. The molecule has 0 spiro atoms. The molecule has 136 valence electrons. The Labute approximate surface area is 146 Å². The summed E-state index contributed by atoms with van der Waals surface area (Å²) in [5, 5.41) is 3.68. The molecule has 3 rings (SSSR count). The molecule has 2 N–H and O–H groups in total. The maximum atomic E-state index is 12.7. The monoisotopic (exact) mass is 363 g/mol. The number of nitrogens with zero attached hydrogens (tertiary/aromatic N) is 1. The van der Waals surface area contributed by atoms with Crippen molar-refractivity contribution in [2.75, 3.05) is 6.54 Å². The SMILES string of the molecule is O=C(Cn1cc(C(F)(F)F)ccc1=O)NCCc1c[nH]c2ccccc12. The van der Waals surface area contributed by atoms with Crippen LogP contribution in [0.25, 0.3) is 10.9 Å². The van der Waals surface area contributed by atoms with Crippen molar-refractivity contribution in [1.82, 2.24) is 14.9 Å². The fraction of sp³-hybridized carbons (Fsp3) is 0.222. The first-order valence-corrected chi connectivity index (χ1v) is 7.94. The van der Waals surface area contributed by atoms with Gasteiger partial charge >= 0.3 is 6.18 Å². The van der Waals surface area contributed by atoms with Crippen LogP contribution in [0.15, 0.2) is 53.6 Å². The Morgan fingerprint density at radius 1 is 1.15 bits per heavy atom. The third kappa shape index (κ3) is 3.96. The van der Waals surface area contributed by atoms with Crippen LogP contribution in [-0.2, 0) is 23.9 Å². The number of amides is 1. The van der Waals surface area contributed by atoms with Gasteiger partial charge in [0, 0.05) is 35.9 Å². The maximum Gasteiger partial charge on any atom is 0.417 e. The molecule has 3 aromatic rings. The molecule has 1 amide bonds. The summed E-state index contributed by atoms with van der Waals surface area (Å²) in [6.45, 7) is -0.148. The Hall–Kier alpha value is -3.03. The normalized spacial score (nSPS) is 11.7. The highest BCUT2D eigenvalue weighted by Crippen LogP contribution is 2.27. The summed E-state index contributed by atoms with van der Waals surface area (Å²) < 4.78 is 38.9. The zero-order valence-electron chi connectivity index (χ0n) is 13.6. The Morgan fingerprint density at radius 3 is 2.69 bits per heavy atom. The lowest BCUT2D eigenvalue weighted by atomic mass is 10.1. The van der Waals surface area contributed by atoms with E-state index in [9.17, 15) is 22.8 Å². The highest BCUT2D eigenvalue weighted by Gasteiger charge is 2.31. The van der Waals surface area contributed by atoms with E-state index in [2.05, 4.69) is 10.3 Å². The van der Waals surface area contributed by atoms with E-state index in [-0.39, 0.29) is 0 Å². The Bertz CT molecular complexity index is 989. The number of benzene rings is 1. The summed E-state index contributed by atoms with van der Waals surface area (Å²) >= 11 is 0. The predicted octanol–water partition coefficient (Wildman–Crippen LogP) is 2.71. The topological polar surface area (TPSA) is 66.9 Å². The first kappa shape index (κ1) is 17.8. The average molecular weight is 363 g/mol. The van der Waals surface area contributed by atoms with E-state index >= 15 is 0 Å². The van der Waals surface area contributed by atoms with Crippen LogP contribution in [0.3, 0.4) is 0 Å². The van der Waals surface area contributed by atoms with Crippen LogP contribution in [0, 0.1) is 0 Å². The minimum absolute atomic E-state index is 0.314. The number of nitrogens with one attached hydrogen (secondary N) is 2. The second kappa shape index (κ2) is 7.07. The minimum atomic E-state index is -4.57. The molecular weight excluding hydrogens is 347 g/mol.